The summed E-state index contributed by atoms with van der Waals surface area (Å²) in [6, 6.07) is 0. The molecule has 1 N–H and O–H groups in total. The summed E-state index contributed by atoms with van der Waals surface area (Å²) in [6.45, 7) is 5.57. The topological polar surface area (TPSA) is 53.4 Å². The van der Waals surface area contributed by atoms with E-state index in [0.717, 1.165) is 45.0 Å². The molecule has 3 heterocycles. The quantitative estimate of drug-likeness (QED) is 0.879. The molecule has 1 unspecified atom stereocenters. The number of nitrogens with one attached hydrogen (secondary N) is 1. The second kappa shape index (κ2) is 6.47. The maximum atomic E-state index is 12.4. The molecular weight excluding hydrogens is 266 g/mol. The fourth-order valence-electron chi connectivity index (χ4n) is 3.26. The lowest BCUT2D eigenvalue weighted by molar-refractivity contribution is -0.132. The van der Waals surface area contributed by atoms with Crippen LogP contribution in [0.3, 0.4) is 0 Å². The SMILES string of the molecule is Cn1cc(N2CCN(C(=O)CC3CCCNC3)CC2)cn1. The predicted molar refractivity (Wildman–Crippen MR) is 82.2 cm³/mol. The molecule has 0 bridgehead atoms. The number of piperidine rings is 1. The second-order valence-corrected chi connectivity index (χ2v) is 6.16. The molecule has 6 nitrogen and oxygen atoms in total. The van der Waals surface area contributed by atoms with Gasteiger partial charge in [-0.1, -0.05) is 0 Å². The van der Waals surface area contributed by atoms with Crippen molar-refractivity contribution in [1.29, 1.82) is 0 Å². The summed E-state index contributed by atoms with van der Waals surface area (Å²) in [5.74, 6) is 0.858. The van der Waals surface area contributed by atoms with Crippen LogP contribution in [0.1, 0.15) is 19.3 Å². The molecule has 0 spiro atoms. The summed E-state index contributed by atoms with van der Waals surface area (Å²) >= 11 is 0. The molecule has 116 valence electrons. The number of anilines is 1. The number of carbonyl (C=O) groups is 1. The van der Waals surface area contributed by atoms with Gasteiger partial charge in [-0.15, -0.1) is 0 Å². The molecule has 1 amide bonds. The zero-order valence-corrected chi connectivity index (χ0v) is 12.8. The van der Waals surface area contributed by atoms with E-state index < -0.39 is 0 Å². The van der Waals surface area contributed by atoms with E-state index in [1.165, 1.54) is 12.8 Å². The monoisotopic (exact) mass is 291 g/mol. The maximum Gasteiger partial charge on any atom is 0.223 e. The molecule has 1 aromatic rings. The van der Waals surface area contributed by atoms with Crippen molar-refractivity contribution in [3.63, 3.8) is 0 Å². The van der Waals surface area contributed by atoms with Gasteiger partial charge in [-0.3, -0.25) is 9.48 Å². The molecule has 0 aliphatic carbocycles. The number of piperazine rings is 1. The number of nitrogens with zero attached hydrogens (tertiary/aromatic N) is 4. The van der Waals surface area contributed by atoms with Crippen LogP contribution in [-0.4, -0.2) is 59.9 Å². The Morgan fingerprint density at radius 3 is 2.81 bits per heavy atom. The Bertz CT molecular complexity index is 472. The minimum absolute atomic E-state index is 0.328. The van der Waals surface area contributed by atoms with Gasteiger partial charge >= 0.3 is 0 Å². The summed E-state index contributed by atoms with van der Waals surface area (Å²) in [5.41, 5.74) is 1.15. The van der Waals surface area contributed by atoms with Crippen LogP contribution in [-0.2, 0) is 11.8 Å². The molecule has 2 aliphatic heterocycles. The molecule has 2 fully saturated rings. The number of hydrogen-bond donors (Lipinski definition) is 1. The lowest BCUT2D eigenvalue weighted by Crippen LogP contribution is -2.49. The first-order valence-corrected chi connectivity index (χ1v) is 7.94. The highest BCUT2D eigenvalue weighted by Gasteiger charge is 2.24. The third-order valence-electron chi connectivity index (χ3n) is 4.55. The highest BCUT2D eigenvalue weighted by molar-refractivity contribution is 5.76. The van der Waals surface area contributed by atoms with Crippen LogP contribution in [0.25, 0.3) is 0 Å². The van der Waals surface area contributed by atoms with Crippen LogP contribution in [0.15, 0.2) is 12.4 Å². The van der Waals surface area contributed by atoms with Crippen molar-refractivity contribution < 1.29 is 4.79 Å². The zero-order chi connectivity index (χ0) is 14.7. The van der Waals surface area contributed by atoms with Crippen molar-refractivity contribution >= 4 is 11.6 Å². The average Bonchev–Trinajstić information content (AvgIpc) is 2.95. The van der Waals surface area contributed by atoms with Gasteiger partial charge in [-0.2, -0.15) is 5.10 Å². The van der Waals surface area contributed by atoms with Crippen LogP contribution in [0.5, 0.6) is 0 Å². The van der Waals surface area contributed by atoms with E-state index in [1.807, 2.05) is 29.0 Å². The van der Waals surface area contributed by atoms with Crippen LogP contribution in [0.4, 0.5) is 5.69 Å². The molecule has 0 saturated carbocycles. The van der Waals surface area contributed by atoms with Crippen molar-refractivity contribution in [3.05, 3.63) is 12.4 Å². The lowest BCUT2D eigenvalue weighted by Gasteiger charge is -2.36. The van der Waals surface area contributed by atoms with Gasteiger partial charge in [0.1, 0.15) is 0 Å². The van der Waals surface area contributed by atoms with Gasteiger partial charge in [0.05, 0.1) is 11.9 Å². The van der Waals surface area contributed by atoms with Crippen molar-refractivity contribution in [1.82, 2.24) is 20.0 Å². The largest absolute Gasteiger partial charge is 0.365 e. The number of aryl methyl sites for hydroxylation is 1. The maximum absolute atomic E-state index is 12.4. The Labute approximate surface area is 126 Å². The Morgan fingerprint density at radius 2 is 2.19 bits per heavy atom. The third-order valence-corrected chi connectivity index (χ3v) is 4.55. The standard InChI is InChI=1S/C15H25N5O/c1-18-12-14(11-17-18)19-5-7-20(8-6-19)15(21)9-13-3-2-4-16-10-13/h11-13,16H,2-10H2,1H3. The summed E-state index contributed by atoms with van der Waals surface area (Å²) in [6.07, 6.45) is 7.03. The van der Waals surface area contributed by atoms with Crippen LogP contribution in [0, 0.1) is 5.92 Å². The van der Waals surface area contributed by atoms with Gasteiger partial charge in [-0.25, -0.2) is 0 Å². The highest BCUT2D eigenvalue weighted by Crippen LogP contribution is 2.18. The minimum atomic E-state index is 0.328. The average molecular weight is 291 g/mol. The summed E-state index contributed by atoms with van der Waals surface area (Å²) < 4.78 is 1.82. The van der Waals surface area contributed by atoms with E-state index in [1.54, 1.807) is 0 Å². The van der Waals surface area contributed by atoms with Crippen LogP contribution < -0.4 is 10.2 Å². The smallest absolute Gasteiger partial charge is 0.223 e. The van der Waals surface area contributed by atoms with E-state index in [9.17, 15) is 4.79 Å². The number of carbonyl (C=O) groups excluding carboxylic acids is 1. The van der Waals surface area contributed by atoms with E-state index >= 15 is 0 Å². The van der Waals surface area contributed by atoms with Gasteiger partial charge in [0.15, 0.2) is 0 Å². The minimum Gasteiger partial charge on any atom is -0.365 e. The van der Waals surface area contributed by atoms with Gasteiger partial charge in [0, 0.05) is 45.8 Å². The van der Waals surface area contributed by atoms with Crippen molar-refractivity contribution in [2.75, 3.05) is 44.2 Å². The van der Waals surface area contributed by atoms with Crippen molar-refractivity contribution in [2.24, 2.45) is 13.0 Å². The predicted octanol–water partition coefficient (Wildman–Crippen LogP) is 0.458. The highest BCUT2D eigenvalue weighted by atomic mass is 16.2. The molecule has 2 saturated heterocycles. The Kier molecular flexibility index (Phi) is 4.43. The first-order valence-electron chi connectivity index (χ1n) is 7.94. The van der Waals surface area contributed by atoms with Gasteiger partial charge < -0.3 is 15.1 Å². The van der Waals surface area contributed by atoms with Gasteiger partial charge in [0.25, 0.3) is 0 Å². The fraction of sp³-hybridized carbons (Fsp3) is 0.733. The normalized spacial score (nSPS) is 23.4. The first kappa shape index (κ1) is 14.4. The second-order valence-electron chi connectivity index (χ2n) is 6.16. The van der Waals surface area contributed by atoms with E-state index in [2.05, 4.69) is 15.3 Å². The summed E-state index contributed by atoms with van der Waals surface area (Å²) in [5, 5.41) is 7.60. The Morgan fingerprint density at radius 1 is 1.38 bits per heavy atom. The molecule has 0 radical (unpaired) electrons. The fourth-order valence-corrected chi connectivity index (χ4v) is 3.26. The van der Waals surface area contributed by atoms with E-state index in [-0.39, 0.29) is 0 Å². The molecule has 1 atom stereocenters. The first-order chi connectivity index (χ1) is 10.2. The number of amides is 1. The summed E-state index contributed by atoms with van der Waals surface area (Å²) in [4.78, 5) is 16.7. The number of hydrogen-bond acceptors (Lipinski definition) is 4. The van der Waals surface area contributed by atoms with Crippen molar-refractivity contribution in [2.45, 2.75) is 19.3 Å². The zero-order valence-electron chi connectivity index (χ0n) is 12.8. The molecule has 0 aromatic carbocycles. The van der Waals surface area contributed by atoms with Gasteiger partial charge in [-0.05, 0) is 31.8 Å². The number of rotatable bonds is 3. The van der Waals surface area contributed by atoms with Gasteiger partial charge in [0.2, 0.25) is 5.91 Å². The molecular formula is C15H25N5O. The van der Waals surface area contributed by atoms with Crippen LogP contribution in [0.2, 0.25) is 0 Å². The molecule has 21 heavy (non-hydrogen) atoms. The van der Waals surface area contributed by atoms with Crippen LogP contribution >= 0.6 is 0 Å². The third kappa shape index (κ3) is 3.56. The van der Waals surface area contributed by atoms with E-state index in [0.29, 0.717) is 18.2 Å². The Hall–Kier alpha value is -1.56. The molecule has 6 heteroatoms. The molecule has 1 aromatic heterocycles. The lowest BCUT2D eigenvalue weighted by atomic mass is 9.95. The molecule has 3 rings (SSSR count). The van der Waals surface area contributed by atoms with E-state index in [4.69, 9.17) is 0 Å². The van der Waals surface area contributed by atoms with Crippen molar-refractivity contribution in [3.8, 4) is 0 Å². The number of aromatic nitrogens is 2. The Balaban J connectivity index is 1.47. The molecule has 2 aliphatic rings. The summed E-state index contributed by atoms with van der Waals surface area (Å²) in [7, 11) is 1.93.